The van der Waals surface area contributed by atoms with Gasteiger partial charge in [0.2, 0.25) is 0 Å². The van der Waals surface area contributed by atoms with Crippen molar-refractivity contribution in [3.05, 3.63) is 58.7 Å². The average molecular weight is 284 g/mol. The third kappa shape index (κ3) is 2.79. The number of hydrogen-bond donors (Lipinski definition) is 1. The fraction of sp³-hybridized carbons (Fsp3) is 0.200. The van der Waals surface area contributed by atoms with Crippen molar-refractivity contribution in [1.29, 1.82) is 0 Å². The molecule has 1 aromatic carbocycles. The van der Waals surface area contributed by atoms with Crippen LogP contribution in [0.25, 0.3) is 11.3 Å². The van der Waals surface area contributed by atoms with Crippen LogP contribution in [-0.4, -0.2) is 14.8 Å². The monoisotopic (exact) mass is 284 g/mol. The summed E-state index contributed by atoms with van der Waals surface area (Å²) in [7, 11) is 1.90. The van der Waals surface area contributed by atoms with Crippen LogP contribution < -0.4 is 5.73 Å². The lowest BCUT2D eigenvalue weighted by Gasteiger charge is -2.05. The lowest BCUT2D eigenvalue weighted by molar-refractivity contribution is 0.655. The van der Waals surface area contributed by atoms with Gasteiger partial charge >= 0.3 is 0 Å². The summed E-state index contributed by atoms with van der Waals surface area (Å²) in [6.45, 7) is 0. The van der Waals surface area contributed by atoms with E-state index in [1.807, 2.05) is 37.5 Å². The minimum absolute atomic E-state index is 0.106. The maximum atomic E-state index is 6.18. The van der Waals surface area contributed by atoms with Gasteiger partial charge in [0.05, 0.1) is 22.4 Å². The van der Waals surface area contributed by atoms with Crippen LogP contribution in [0.1, 0.15) is 16.7 Å². The first-order chi connectivity index (χ1) is 9.72. The van der Waals surface area contributed by atoms with E-state index >= 15 is 0 Å². The molecule has 0 amide bonds. The molecule has 102 valence electrons. The molecule has 3 rings (SSSR count). The summed E-state index contributed by atoms with van der Waals surface area (Å²) in [4.78, 5) is 4.66. The largest absolute Gasteiger partial charge is 0.322 e. The van der Waals surface area contributed by atoms with Gasteiger partial charge in [0.15, 0.2) is 0 Å². The minimum atomic E-state index is -0.106. The van der Waals surface area contributed by atoms with Crippen LogP contribution in [0.2, 0.25) is 0 Å². The number of thiazole rings is 1. The normalized spacial score (nSPS) is 12.5. The highest BCUT2D eigenvalue weighted by atomic mass is 32.1. The fourth-order valence-corrected chi connectivity index (χ4v) is 2.93. The van der Waals surface area contributed by atoms with Gasteiger partial charge in [0, 0.05) is 30.6 Å². The summed E-state index contributed by atoms with van der Waals surface area (Å²) in [5, 5.41) is 7.46. The molecule has 0 fully saturated rings. The van der Waals surface area contributed by atoms with Gasteiger partial charge in [-0.15, -0.1) is 11.3 Å². The number of aryl methyl sites for hydroxylation is 1. The summed E-state index contributed by atoms with van der Waals surface area (Å²) >= 11 is 1.65. The summed E-state index contributed by atoms with van der Waals surface area (Å²) in [6.07, 6.45) is 2.63. The molecule has 20 heavy (non-hydrogen) atoms. The summed E-state index contributed by atoms with van der Waals surface area (Å²) in [6, 6.07) is 12.0. The Balaban J connectivity index is 1.74. The number of aromatic nitrogens is 3. The molecule has 0 radical (unpaired) electrons. The molecule has 2 aromatic heterocycles. The van der Waals surface area contributed by atoms with Gasteiger partial charge in [-0.05, 0) is 6.07 Å². The number of nitrogens with zero attached hydrogens (tertiary/aromatic N) is 3. The van der Waals surface area contributed by atoms with E-state index < -0.39 is 0 Å². The Kier molecular flexibility index (Phi) is 3.62. The lowest BCUT2D eigenvalue weighted by Crippen LogP contribution is -2.14. The van der Waals surface area contributed by atoms with Crippen molar-refractivity contribution in [3.63, 3.8) is 0 Å². The number of rotatable bonds is 4. The minimum Gasteiger partial charge on any atom is -0.322 e. The molecule has 0 saturated carbocycles. The van der Waals surface area contributed by atoms with Crippen molar-refractivity contribution < 1.29 is 0 Å². The van der Waals surface area contributed by atoms with Crippen molar-refractivity contribution in [3.8, 4) is 11.3 Å². The van der Waals surface area contributed by atoms with E-state index in [9.17, 15) is 0 Å². The van der Waals surface area contributed by atoms with Gasteiger partial charge < -0.3 is 5.73 Å². The molecule has 5 heteroatoms. The van der Waals surface area contributed by atoms with Crippen LogP contribution in [0.3, 0.4) is 0 Å². The van der Waals surface area contributed by atoms with Crippen LogP contribution in [0.4, 0.5) is 0 Å². The Hall–Kier alpha value is -1.98. The maximum absolute atomic E-state index is 6.18. The predicted molar refractivity (Wildman–Crippen MR) is 81.4 cm³/mol. The van der Waals surface area contributed by atoms with E-state index in [-0.39, 0.29) is 6.04 Å². The summed E-state index contributed by atoms with van der Waals surface area (Å²) < 4.78 is 1.77. The Morgan fingerprint density at radius 1 is 1.25 bits per heavy atom. The number of nitrogens with two attached hydrogens (primary N) is 1. The van der Waals surface area contributed by atoms with Crippen molar-refractivity contribution >= 4 is 11.3 Å². The maximum Gasteiger partial charge on any atom is 0.0952 e. The van der Waals surface area contributed by atoms with Gasteiger partial charge in [-0.3, -0.25) is 4.68 Å². The molecule has 4 nitrogen and oxygen atoms in total. The zero-order valence-electron chi connectivity index (χ0n) is 11.2. The molecule has 2 heterocycles. The number of benzene rings is 1. The van der Waals surface area contributed by atoms with E-state index in [2.05, 4.69) is 27.6 Å². The predicted octanol–water partition coefficient (Wildman–Crippen LogP) is 2.79. The fourth-order valence-electron chi connectivity index (χ4n) is 2.07. The average Bonchev–Trinajstić information content (AvgIpc) is 3.09. The van der Waals surface area contributed by atoms with Gasteiger partial charge in [0.1, 0.15) is 0 Å². The molecule has 1 unspecified atom stereocenters. The second-order valence-corrected chi connectivity index (χ2v) is 5.66. The van der Waals surface area contributed by atoms with Gasteiger partial charge in [-0.1, -0.05) is 30.3 Å². The van der Waals surface area contributed by atoms with E-state index in [1.165, 1.54) is 0 Å². The van der Waals surface area contributed by atoms with E-state index in [0.29, 0.717) is 6.42 Å². The van der Waals surface area contributed by atoms with Crippen LogP contribution in [0.5, 0.6) is 0 Å². The van der Waals surface area contributed by atoms with Crippen molar-refractivity contribution in [2.75, 3.05) is 0 Å². The first kappa shape index (κ1) is 13.0. The molecule has 0 spiro atoms. The van der Waals surface area contributed by atoms with Crippen LogP contribution in [-0.2, 0) is 13.5 Å². The Morgan fingerprint density at radius 3 is 2.75 bits per heavy atom. The number of hydrogen-bond acceptors (Lipinski definition) is 4. The first-order valence-electron chi connectivity index (χ1n) is 6.47. The van der Waals surface area contributed by atoms with E-state index in [1.54, 1.807) is 16.0 Å². The Bertz CT molecular complexity index is 687. The Labute approximate surface area is 121 Å². The van der Waals surface area contributed by atoms with Crippen LogP contribution in [0, 0.1) is 0 Å². The molecular weight excluding hydrogens is 268 g/mol. The van der Waals surface area contributed by atoms with Gasteiger partial charge in [-0.2, -0.15) is 5.10 Å². The highest BCUT2D eigenvalue weighted by Crippen LogP contribution is 2.24. The molecule has 0 aliphatic heterocycles. The Morgan fingerprint density at radius 2 is 2.05 bits per heavy atom. The standard InChI is InChI=1S/C15H16N4S/c1-19-8-7-13(18-19)12(16)9-15-17-14(10-20-15)11-5-3-2-4-6-11/h2-8,10,12H,9,16H2,1H3. The van der Waals surface area contributed by atoms with Crippen LogP contribution in [0.15, 0.2) is 48.0 Å². The lowest BCUT2D eigenvalue weighted by atomic mass is 10.1. The molecule has 1 atom stereocenters. The third-order valence-electron chi connectivity index (χ3n) is 3.13. The zero-order valence-corrected chi connectivity index (χ0v) is 12.0. The molecule has 0 bridgehead atoms. The summed E-state index contributed by atoms with van der Waals surface area (Å²) in [5.41, 5.74) is 9.24. The van der Waals surface area contributed by atoms with E-state index in [0.717, 1.165) is 22.0 Å². The molecule has 0 aliphatic rings. The summed E-state index contributed by atoms with van der Waals surface area (Å²) in [5.74, 6) is 0. The smallest absolute Gasteiger partial charge is 0.0952 e. The molecule has 0 saturated heterocycles. The van der Waals surface area contributed by atoms with E-state index in [4.69, 9.17) is 5.73 Å². The highest BCUT2D eigenvalue weighted by molar-refractivity contribution is 7.09. The van der Waals surface area contributed by atoms with Gasteiger partial charge in [0.25, 0.3) is 0 Å². The topological polar surface area (TPSA) is 56.7 Å². The van der Waals surface area contributed by atoms with Crippen molar-refractivity contribution in [2.45, 2.75) is 12.5 Å². The second-order valence-electron chi connectivity index (χ2n) is 4.72. The quantitative estimate of drug-likeness (QED) is 0.801. The molecule has 0 aliphatic carbocycles. The second kappa shape index (κ2) is 5.56. The van der Waals surface area contributed by atoms with Crippen molar-refractivity contribution in [2.24, 2.45) is 12.8 Å². The molecule has 2 N–H and O–H groups in total. The molecule has 3 aromatic rings. The highest BCUT2D eigenvalue weighted by Gasteiger charge is 2.13. The van der Waals surface area contributed by atoms with Gasteiger partial charge in [-0.25, -0.2) is 4.98 Å². The third-order valence-corrected chi connectivity index (χ3v) is 4.00. The van der Waals surface area contributed by atoms with Crippen molar-refractivity contribution in [1.82, 2.24) is 14.8 Å². The first-order valence-corrected chi connectivity index (χ1v) is 7.35. The SMILES string of the molecule is Cn1ccc(C(N)Cc2nc(-c3ccccc3)cs2)n1. The zero-order chi connectivity index (χ0) is 13.9. The van der Waals surface area contributed by atoms with Crippen LogP contribution >= 0.6 is 11.3 Å². The molecular formula is C15H16N4S.